The molecule has 0 amide bonds. The Labute approximate surface area is 117 Å². The first-order valence-corrected chi connectivity index (χ1v) is 6.20. The maximum atomic E-state index is 11.1. The van der Waals surface area contributed by atoms with Gasteiger partial charge in [-0.05, 0) is 40.2 Å². The zero-order chi connectivity index (χ0) is 13.1. The molecule has 0 radical (unpaired) electrons. The van der Waals surface area contributed by atoms with E-state index in [4.69, 9.17) is 21.4 Å². The summed E-state index contributed by atoms with van der Waals surface area (Å²) < 4.78 is 6.31. The van der Waals surface area contributed by atoms with E-state index in [1.165, 1.54) is 18.2 Å². The minimum atomic E-state index is -1.06. The van der Waals surface area contributed by atoms with Crippen molar-refractivity contribution in [2.24, 2.45) is 0 Å². The van der Waals surface area contributed by atoms with Gasteiger partial charge in [0.2, 0.25) is 0 Å². The maximum absolute atomic E-state index is 11.1. The topological polar surface area (TPSA) is 46.5 Å². The van der Waals surface area contributed by atoms with Crippen LogP contribution < -0.4 is 4.74 Å². The first-order valence-electron chi connectivity index (χ1n) is 5.03. The summed E-state index contributed by atoms with van der Waals surface area (Å²) in [5, 5.41) is 9.49. The third kappa shape index (κ3) is 2.83. The fourth-order valence-corrected chi connectivity index (χ4v) is 1.93. The standard InChI is InChI=1S/C13H8BrClO3/c14-10-3-1-2-4-11(10)18-12-7-8(15)5-6-9(12)13(16)17/h1-7H,(H,16,17). The number of halogens is 2. The number of rotatable bonds is 3. The van der Waals surface area contributed by atoms with Crippen LogP contribution in [0.4, 0.5) is 0 Å². The third-order valence-corrected chi connectivity index (χ3v) is 3.12. The van der Waals surface area contributed by atoms with Gasteiger partial charge in [-0.1, -0.05) is 23.7 Å². The lowest BCUT2D eigenvalue weighted by atomic mass is 10.2. The van der Waals surface area contributed by atoms with Crippen LogP contribution in [0.2, 0.25) is 5.02 Å². The first-order chi connectivity index (χ1) is 8.58. The largest absolute Gasteiger partial charge is 0.478 e. The van der Waals surface area contributed by atoms with Crippen molar-refractivity contribution >= 4 is 33.5 Å². The summed E-state index contributed by atoms with van der Waals surface area (Å²) in [7, 11) is 0. The molecule has 3 nitrogen and oxygen atoms in total. The lowest BCUT2D eigenvalue weighted by Crippen LogP contribution is -2.00. The van der Waals surface area contributed by atoms with Crippen molar-refractivity contribution in [3.63, 3.8) is 0 Å². The van der Waals surface area contributed by atoms with Crippen LogP contribution in [0.25, 0.3) is 0 Å². The normalized spacial score (nSPS) is 10.1. The van der Waals surface area contributed by atoms with E-state index >= 15 is 0 Å². The van der Waals surface area contributed by atoms with Crippen molar-refractivity contribution in [3.05, 3.63) is 57.5 Å². The Morgan fingerprint density at radius 2 is 1.89 bits per heavy atom. The third-order valence-electron chi connectivity index (χ3n) is 2.23. The summed E-state index contributed by atoms with van der Waals surface area (Å²) in [5.41, 5.74) is 0.0650. The summed E-state index contributed by atoms with van der Waals surface area (Å²) in [6, 6.07) is 11.6. The van der Waals surface area contributed by atoms with Gasteiger partial charge < -0.3 is 9.84 Å². The smallest absolute Gasteiger partial charge is 0.339 e. The zero-order valence-corrected chi connectivity index (χ0v) is 11.4. The molecule has 18 heavy (non-hydrogen) atoms. The molecule has 0 aliphatic heterocycles. The van der Waals surface area contributed by atoms with Gasteiger partial charge >= 0.3 is 5.97 Å². The molecule has 2 aromatic carbocycles. The van der Waals surface area contributed by atoms with Crippen LogP contribution in [-0.4, -0.2) is 11.1 Å². The SMILES string of the molecule is O=C(O)c1ccc(Cl)cc1Oc1ccccc1Br. The summed E-state index contributed by atoms with van der Waals surface area (Å²) in [6.07, 6.45) is 0. The predicted molar refractivity (Wildman–Crippen MR) is 72.6 cm³/mol. The van der Waals surface area contributed by atoms with Gasteiger partial charge in [0, 0.05) is 11.1 Å². The molecule has 0 aromatic heterocycles. The Bertz CT molecular complexity index is 599. The molecule has 0 atom stereocenters. The second-order valence-electron chi connectivity index (χ2n) is 3.48. The lowest BCUT2D eigenvalue weighted by Gasteiger charge is -2.10. The molecule has 2 rings (SSSR count). The highest BCUT2D eigenvalue weighted by Crippen LogP contribution is 2.32. The van der Waals surface area contributed by atoms with Crippen molar-refractivity contribution in [1.82, 2.24) is 0 Å². The summed E-state index contributed by atoms with van der Waals surface area (Å²) >= 11 is 9.17. The van der Waals surface area contributed by atoms with Crippen molar-refractivity contribution in [2.75, 3.05) is 0 Å². The van der Waals surface area contributed by atoms with Crippen LogP contribution in [0.5, 0.6) is 11.5 Å². The van der Waals surface area contributed by atoms with Crippen LogP contribution in [-0.2, 0) is 0 Å². The summed E-state index contributed by atoms with van der Waals surface area (Å²) in [6.45, 7) is 0. The van der Waals surface area contributed by atoms with Crippen LogP contribution in [0.1, 0.15) is 10.4 Å². The molecule has 92 valence electrons. The first kappa shape index (κ1) is 12.9. The number of para-hydroxylation sites is 1. The Kier molecular flexibility index (Phi) is 3.89. The molecule has 0 bridgehead atoms. The zero-order valence-electron chi connectivity index (χ0n) is 9.06. The Balaban J connectivity index is 2.42. The van der Waals surface area contributed by atoms with E-state index in [2.05, 4.69) is 15.9 Å². The van der Waals surface area contributed by atoms with E-state index < -0.39 is 5.97 Å². The highest BCUT2D eigenvalue weighted by molar-refractivity contribution is 9.10. The highest BCUT2D eigenvalue weighted by atomic mass is 79.9. The van der Waals surface area contributed by atoms with Crippen LogP contribution in [0.3, 0.4) is 0 Å². The fourth-order valence-electron chi connectivity index (χ4n) is 1.40. The van der Waals surface area contributed by atoms with E-state index in [1.807, 2.05) is 6.07 Å². The molecule has 5 heteroatoms. The maximum Gasteiger partial charge on any atom is 0.339 e. The van der Waals surface area contributed by atoms with Crippen molar-refractivity contribution in [3.8, 4) is 11.5 Å². The molecule has 0 aliphatic carbocycles. The molecule has 2 aromatic rings. The van der Waals surface area contributed by atoms with Gasteiger partial charge in [0.15, 0.2) is 0 Å². The Morgan fingerprint density at radius 1 is 1.17 bits per heavy atom. The number of carboxylic acids is 1. The quantitative estimate of drug-likeness (QED) is 0.896. The Morgan fingerprint density at radius 3 is 2.56 bits per heavy atom. The number of benzene rings is 2. The number of carboxylic acid groups (broad SMARTS) is 1. The van der Waals surface area contributed by atoms with Crippen molar-refractivity contribution in [2.45, 2.75) is 0 Å². The molecular formula is C13H8BrClO3. The molecule has 0 fully saturated rings. The summed E-state index contributed by atoms with van der Waals surface area (Å²) in [4.78, 5) is 11.1. The van der Waals surface area contributed by atoms with E-state index in [9.17, 15) is 4.79 Å². The fraction of sp³-hybridized carbons (Fsp3) is 0. The number of hydrogen-bond acceptors (Lipinski definition) is 2. The molecule has 0 unspecified atom stereocenters. The minimum absolute atomic E-state index is 0.0650. The molecule has 0 aliphatic rings. The van der Waals surface area contributed by atoms with E-state index in [0.29, 0.717) is 10.8 Å². The summed E-state index contributed by atoms with van der Waals surface area (Å²) in [5.74, 6) is -0.321. The molecule has 0 heterocycles. The minimum Gasteiger partial charge on any atom is -0.478 e. The number of aromatic carboxylic acids is 1. The number of carbonyl (C=O) groups is 1. The molecule has 0 spiro atoms. The molecular weight excluding hydrogens is 319 g/mol. The average molecular weight is 328 g/mol. The van der Waals surface area contributed by atoms with Gasteiger partial charge in [-0.25, -0.2) is 4.79 Å². The molecule has 1 N–H and O–H groups in total. The molecule has 0 saturated carbocycles. The predicted octanol–water partition coefficient (Wildman–Crippen LogP) is 4.59. The van der Waals surface area contributed by atoms with E-state index in [-0.39, 0.29) is 11.3 Å². The van der Waals surface area contributed by atoms with Crippen LogP contribution >= 0.6 is 27.5 Å². The van der Waals surface area contributed by atoms with Gasteiger partial charge in [0.05, 0.1) is 4.47 Å². The van der Waals surface area contributed by atoms with E-state index in [0.717, 1.165) is 4.47 Å². The van der Waals surface area contributed by atoms with Gasteiger partial charge in [-0.3, -0.25) is 0 Å². The Hall–Kier alpha value is -1.52. The van der Waals surface area contributed by atoms with Crippen molar-refractivity contribution < 1.29 is 14.6 Å². The van der Waals surface area contributed by atoms with Crippen LogP contribution in [0.15, 0.2) is 46.9 Å². The monoisotopic (exact) mass is 326 g/mol. The van der Waals surface area contributed by atoms with E-state index in [1.54, 1.807) is 18.2 Å². The van der Waals surface area contributed by atoms with Gasteiger partial charge in [0.25, 0.3) is 0 Å². The van der Waals surface area contributed by atoms with Gasteiger partial charge in [0.1, 0.15) is 17.1 Å². The highest BCUT2D eigenvalue weighted by Gasteiger charge is 2.13. The average Bonchev–Trinajstić information content (AvgIpc) is 2.32. The van der Waals surface area contributed by atoms with Crippen LogP contribution in [0, 0.1) is 0 Å². The second kappa shape index (κ2) is 5.42. The number of hydrogen-bond donors (Lipinski definition) is 1. The van der Waals surface area contributed by atoms with Crippen molar-refractivity contribution in [1.29, 1.82) is 0 Å². The number of ether oxygens (including phenoxy) is 1. The molecule has 0 saturated heterocycles. The lowest BCUT2D eigenvalue weighted by molar-refractivity contribution is 0.0694. The second-order valence-corrected chi connectivity index (χ2v) is 4.77. The van der Waals surface area contributed by atoms with Gasteiger partial charge in [-0.15, -0.1) is 0 Å². The van der Waals surface area contributed by atoms with Gasteiger partial charge in [-0.2, -0.15) is 0 Å².